The number of amides is 1. The van der Waals surface area contributed by atoms with Gasteiger partial charge in [-0.15, -0.1) is 0 Å². The second kappa shape index (κ2) is 8.17. The Bertz CT molecular complexity index is 736. The molecule has 0 saturated heterocycles. The van der Waals surface area contributed by atoms with Crippen molar-refractivity contribution < 1.29 is 22.7 Å². The minimum absolute atomic E-state index is 0.0931. The average molecular weight is 374 g/mol. The molecule has 1 heterocycles. The summed E-state index contributed by atoms with van der Waals surface area (Å²) in [5.41, 5.74) is -0.149. The number of hydrogen-bond acceptors (Lipinski definition) is 4. The van der Waals surface area contributed by atoms with Crippen LogP contribution in [-0.4, -0.2) is 31.2 Å². The molecule has 0 spiro atoms. The van der Waals surface area contributed by atoms with E-state index in [2.05, 4.69) is 15.6 Å². The number of benzene rings is 1. The zero-order valence-corrected chi connectivity index (χ0v) is 13.9. The first kappa shape index (κ1) is 19.0. The van der Waals surface area contributed by atoms with Crippen LogP contribution in [0.3, 0.4) is 0 Å². The molecule has 1 aromatic carbocycles. The van der Waals surface area contributed by atoms with Gasteiger partial charge in [-0.3, -0.25) is 4.79 Å². The maximum Gasteiger partial charge on any atom is 0.416 e. The van der Waals surface area contributed by atoms with E-state index in [1.807, 2.05) is 0 Å². The van der Waals surface area contributed by atoms with E-state index in [9.17, 15) is 18.0 Å². The topological polar surface area (TPSA) is 63.2 Å². The molecule has 2 aromatic rings. The van der Waals surface area contributed by atoms with E-state index in [0.717, 1.165) is 18.2 Å². The number of hydrogen-bond donors (Lipinski definition) is 2. The van der Waals surface area contributed by atoms with Crippen molar-refractivity contribution in [1.82, 2.24) is 10.3 Å². The van der Waals surface area contributed by atoms with Gasteiger partial charge in [-0.05, 0) is 30.3 Å². The van der Waals surface area contributed by atoms with Crippen LogP contribution in [0.25, 0.3) is 0 Å². The number of pyridine rings is 1. The van der Waals surface area contributed by atoms with E-state index in [0.29, 0.717) is 18.8 Å². The van der Waals surface area contributed by atoms with Gasteiger partial charge in [0.25, 0.3) is 5.91 Å². The molecule has 0 aliphatic carbocycles. The predicted molar refractivity (Wildman–Crippen MR) is 88.2 cm³/mol. The van der Waals surface area contributed by atoms with Gasteiger partial charge in [0.05, 0.1) is 34.8 Å². The van der Waals surface area contributed by atoms with Crippen LogP contribution in [0.1, 0.15) is 16.1 Å². The number of ether oxygens (including phenoxy) is 1. The highest BCUT2D eigenvalue weighted by Gasteiger charge is 2.31. The fourth-order valence-corrected chi connectivity index (χ4v) is 2.08. The Morgan fingerprint density at radius 2 is 2.04 bits per heavy atom. The number of halogens is 4. The predicted octanol–water partition coefficient (Wildman–Crippen LogP) is 3.87. The molecular formula is C16H15ClF3N3O2. The van der Waals surface area contributed by atoms with Gasteiger partial charge < -0.3 is 15.4 Å². The number of alkyl halides is 3. The molecule has 0 fully saturated rings. The quantitative estimate of drug-likeness (QED) is 0.754. The summed E-state index contributed by atoms with van der Waals surface area (Å²) in [6, 6.07) is 5.95. The Morgan fingerprint density at radius 1 is 1.28 bits per heavy atom. The summed E-state index contributed by atoms with van der Waals surface area (Å²) in [7, 11) is 1.52. The van der Waals surface area contributed by atoms with Crippen LogP contribution in [-0.2, 0) is 10.9 Å². The fourth-order valence-electron chi connectivity index (χ4n) is 1.91. The lowest BCUT2D eigenvalue weighted by Gasteiger charge is -2.12. The number of nitrogens with one attached hydrogen (secondary N) is 2. The van der Waals surface area contributed by atoms with E-state index in [1.165, 1.54) is 25.4 Å². The molecule has 0 radical (unpaired) electrons. The maximum atomic E-state index is 12.8. The number of nitrogens with zero attached hydrogens (tertiary/aromatic N) is 1. The highest BCUT2D eigenvalue weighted by molar-refractivity contribution is 6.33. The minimum Gasteiger partial charge on any atom is -0.383 e. The molecule has 0 aliphatic rings. The van der Waals surface area contributed by atoms with Crippen LogP contribution < -0.4 is 10.6 Å². The van der Waals surface area contributed by atoms with Gasteiger partial charge in [-0.1, -0.05) is 11.6 Å². The third-order valence-electron chi connectivity index (χ3n) is 3.16. The molecule has 1 amide bonds. The van der Waals surface area contributed by atoms with E-state index in [1.54, 1.807) is 0 Å². The summed E-state index contributed by atoms with van der Waals surface area (Å²) < 4.78 is 43.1. The number of methoxy groups -OCH3 is 1. The normalized spacial score (nSPS) is 11.2. The Hall–Kier alpha value is -2.32. The number of rotatable bonds is 6. The highest BCUT2D eigenvalue weighted by atomic mass is 35.5. The van der Waals surface area contributed by atoms with Gasteiger partial charge in [0.15, 0.2) is 0 Å². The van der Waals surface area contributed by atoms with Crippen LogP contribution in [0, 0.1) is 0 Å². The molecule has 134 valence electrons. The molecule has 2 N–H and O–H groups in total. The maximum absolute atomic E-state index is 12.8. The molecule has 0 unspecified atom stereocenters. The third kappa shape index (κ3) is 5.33. The summed E-state index contributed by atoms with van der Waals surface area (Å²) in [6.45, 7) is 0.719. The molecule has 0 saturated carbocycles. The minimum atomic E-state index is -4.47. The van der Waals surface area contributed by atoms with Crippen molar-refractivity contribution in [3.05, 3.63) is 52.8 Å². The van der Waals surface area contributed by atoms with Crippen molar-refractivity contribution in [3.63, 3.8) is 0 Å². The van der Waals surface area contributed by atoms with E-state index < -0.39 is 11.7 Å². The SMILES string of the molecule is COCCNC(=O)c1ccc(Nc2cc(C(F)(F)F)ccc2Cl)cn1. The smallest absolute Gasteiger partial charge is 0.383 e. The Kier molecular flexibility index (Phi) is 6.22. The summed E-state index contributed by atoms with van der Waals surface area (Å²) in [5, 5.41) is 5.50. The van der Waals surface area contributed by atoms with Gasteiger partial charge in [-0.2, -0.15) is 13.2 Å². The van der Waals surface area contributed by atoms with Crippen molar-refractivity contribution in [1.29, 1.82) is 0 Å². The first-order chi connectivity index (χ1) is 11.8. The first-order valence-corrected chi connectivity index (χ1v) is 7.56. The van der Waals surface area contributed by atoms with Crippen molar-refractivity contribution in [2.24, 2.45) is 0 Å². The lowest BCUT2D eigenvalue weighted by molar-refractivity contribution is -0.137. The molecule has 0 atom stereocenters. The summed E-state index contributed by atoms with van der Waals surface area (Å²) in [4.78, 5) is 15.8. The van der Waals surface area contributed by atoms with Crippen molar-refractivity contribution >= 4 is 28.9 Å². The number of aromatic nitrogens is 1. The van der Waals surface area contributed by atoms with Crippen LogP contribution in [0.2, 0.25) is 5.02 Å². The summed E-state index contributed by atoms with van der Waals surface area (Å²) >= 11 is 5.92. The molecule has 0 aliphatic heterocycles. The van der Waals surface area contributed by atoms with Gasteiger partial charge in [0.1, 0.15) is 5.69 Å². The molecule has 2 rings (SSSR count). The van der Waals surface area contributed by atoms with Gasteiger partial charge in [0.2, 0.25) is 0 Å². The largest absolute Gasteiger partial charge is 0.416 e. The zero-order chi connectivity index (χ0) is 18.4. The molecule has 1 aromatic heterocycles. The molecule has 0 bridgehead atoms. The lowest BCUT2D eigenvalue weighted by Crippen LogP contribution is -2.27. The van der Waals surface area contributed by atoms with Gasteiger partial charge >= 0.3 is 6.18 Å². The zero-order valence-electron chi connectivity index (χ0n) is 13.2. The molecule has 5 nitrogen and oxygen atoms in total. The monoisotopic (exact) mass is 373 g/mol. The average Bonchev–Trinajstić information content (AvgIpc) is 2.56. The second-order valence-corrected chi connectivity index (χ2v) is 5.41. The summed E-state index contributed by atoms with van der Waals surface area (Å²) in [6.07, 6.45) is -3.13. The van der Waals surface area contributed by atoms with Crippen LogP contribution in [0.15, 0.2) is 36.5 Å². The molecular weight excluding hydrogens is 359 g/mol. The molecule has 9 heteroatoms. The van der Waals surface area contributed by atoms with Crippen LogP contribution in [0.5, 0.6) is 0 Å². The van der Waals surface area contributed by atoms with Gasteiger partial charge in [0, 0.05) is 13.7 Å². The highest BCUT2D eigenvalue weighted by Crippen LogP contribution is 2.34. The standard InChI is InChI=1S/C16H15ClF3N3O2/c1-25-7-6-21-15(24)13-5-3-11(9-22-13)23-14-8-10(16(18,19)20)2-4-12(14)17/h2-5,8-9,23H,6-7H2,1H3,(H,21,24). The fraction of sp³-hybridized carbons (Fsp3) is 0.250. The van der Waals surface area contributed by atoms with Crippen molar-refractivity contribution in [3.8, 4) is 0 Å². The Labute approximate surface area is 147 Å². The molecule has 25 heavy (non-hydrogen) atoms. The first-order valence-electron chi connectivity index (χ1n) is 7.18. The van der Waals surface area contributed by atoms with E-state index in [4.69, 9.17) is 16.3 Å². The number of carbonyl (C=O) groups excluding carboxylic acids is 1. The number of anilines is 2. The number of carbonyl (C=O) groups is 1. The van der Waals surface area contributed by atoms with Crippen molar-refractivity contribution in [2.75, 3.05) is 25.6 Å². The summed E-state index contributed by atoms with van der Waals surface area (Å²) in [5.74, 6) is -0.374. The van der Waals surface area contributed by atoms with Gasteiger partial charge in [-0.25, -0.2) is 4.98 Å². The Morgan fingerprint density at radius 3 is 2.64 bits per heavy atom. The van der Waals surface area contributed by atoms with E-state index >= 15 is 0 Å². The van der Waals surface area contributed by atoms with Crippen LogP contribution in [0.4, 0.5) is 24.5 Å². The third-order valence-corrected chi connectivity index (χ3v) is 3.49. The lowest BCUT2D eigenvalue weighted by atomic mass is 10.2. The second-order valence-electron chi connectivity index (χ2n) is 5.00. The van der Waals surface area contributed by atoms with Crippen molar-refractivity contribution in [2.45, 2.75) is 6.18 Å². The van der Waals surface area contributed by atoms with Crippen LogP contribution >= 0.6 is 11.6 Å². The Balaban J connectivity index is 2.10. The van der Waals surface area contributed by atoms with E-state index in [-0.39, 0.29) is 22.3 Å².